The number of nitrogens with one attached hydrogen (secondary N) is 1. The lowest BCUT2D eigenvalue weighted by atomic mass is 9.94. The summed E-state index contributed by atoms with van der Waals surface area (Å²) in [6.45, 7) is 1.56. The van der Waals surface area contributed by atoms with Crippen LogP contribution in [0.4, 0.5) is 0 Å². The fraction of sp³-hybridized carbons (Fsp3) is 0.579. The first-order valence-electron chi connectivity index (χ1n) is 9.00. The van der Waals surface area contributed by atoms with Crippen molar-refractivity contribution in [2.45, 2.75) is 44.2 Å². The van der Waals surface area contributed by atoms with Gasteiger partial charge >= 0.3 is 0 Å². The van der Waals surface area contributed by atoms with E-state index in [0.717, 1.165) is 29.5 Å². The van der Waals surface area contributed by atoms with Gasteiger partial charge in [-0.25, -0.2) is 0 Å². The number of H-pyrrole nitrogens is 1. The number of aromatic nitrogens is 1. The number of benzene rings is 1. The molecule has 1 saturated carbocycles. The molecule has 1 atom stereocenters. The minimum absolute atomic E-state index is 0.132. The SMILES string of the molecule is OCCN(CC(O)COc1cccc2[nH]ccc12)C1CCCCC1. The third kappa shape index (κ3) is 4.29. The Morgan fingerprint density at radius 1 is 1.21 bits per heavy atom. The zero-order valence-electron chi connectivity index (χ0n) is 14.2. The summed E-state index contributed by atoms with van der Waals surface area (Å²) in [6, 6.07) is 8.34. The van der Waals surface area contributed by atoms with E-state index in [9.17, 15) is 10.2 Å². The second kappa shape index (κ2) is 8.51. The van der Waals surface area contributed by atoms with Gasteiger partial charge in [-0.2, -0.15) is 0 Å². The van der Waals surface area contributed by atoms with E-state index >= 15 is 0 Å². The van der Waals surface area contributed by atoms with Crippen LogP contribution in [0, 0.1) is 0 Å². The van der Waals surface area contributed by atoms with Crippen molar-refractivity contribution in [3.05, 3.63) is 30.5 Å². The van der Waals surface area contributed by atoms with Gasteiger partial charge in [-0.15, -0.1) is 0 Å². The van der Waals surface area contributed by atoms with Gasteiger partial charge in [0.2, 0.25) is 0 Å². The van der Waals surface area contributed by atoms with Crippen molar-refractivity contribution in [1.29, 1.82) is 0 Å². The molecule has 1 heterocycles. The Bertz CT molecular complexity index is 622. The van der Waals surface area contributed by atoms with Crippen molar-refractivity contribution in [3.63, 3.8) is 0 Å². The highest BCUT2D eigenvalue weighted by Crippen LogP contribution is 2.25. The molecule has 0 spiro atoms. The van der Waals surface area contributed by atoms with Crippen molar-refractivity contribution in [2.75, 3.05) is 26.3 Å². The molecule has 0 aliphatic heterocycles. The van der Waals surface area contributed by atoms with Gasteiger partial charge in [0.15, 0.2) is 0 Å². The lowest BCUT2D eigenvalue weighted by Crippen LogP contribution is -2.44. The predicted molar refractivity (Wildman–Crippen MR) is 95.3 cm³/mol. The van der Waals surface area contributed by atoms with E-state index in [1.165, 1.54) is 19.3 Å². The maximum absolute atomic E-state index is 10.4. The number of ether oxygens (including phenoxy) is 1. The molecule has 0 amide bonds. The zero-order valence-corrected chi connectivity index (χ0v) is 14.2. The lowest BCUT2D eigenvalue weighted by Gasteiger charge is -2.35. The molecule has 1 aliphatic carbocycles. The predicted octanol–water partition coefficient (Wildman–Crippen LogP) is 2.53. The number of nitrogens with zero attached hydrogens (tertiary/aromatic N) is 1. The molecule has 0 saturated heterocycles. The molecule has 1 aliphatic rings. The summed E-state index contributed by atoms with van der Waals surface area (Å²) in [7, 11) is 0. The fourth-order valence-corrected chi connectivity index (χ4v) is 3.69. The lowest BCUT2D eigenvalue weighted by molar-refractivity contribution is 0.0362. The van der Waals surface area contributed by atoms with E-state index in [4.69, 9.17) is 4.74 Å². The molecular weight excluding hydrogens is 304 g/mol. The van der Waals surface area contributed by atoms with Crippen LogP contribution in [0.5, 0.6) is 5.75 Å². The Morgan fingerprint density at radius 3 is 2.83 bits per heavy atom. The van der Waals surface area contributed by atoms with Crippen molar-refractivity contribution >= 4 is 10.9 Å². The molecular formula is C19H28N2O3. The largest absolute Gasteiger partial charge is 0.490 e. The van der Waals surface area contributed by atoms with Crippen LogP contribution in [0.15, 0.2) is 30.5 Å². The number of aliphatic hydroxyl groups is 2. The molecule has 132 valence electrons. The third-order valence-corrected chi connectivity index (χ3v) is 4.91. The number of hydrogen-bond donors (Lipinski definition) is 3. The van der Waals surface area contributed by atoms with Gasteiger partial charge in [0, 0.05) is 36.2 Å². The molecule has 1 aromatic carbocycles. The van der Waals surface area contributed by atoms with Crippen molar-refractivity contribution in [1.82, 2.24) is 9.88 Å². The molecule has 3 N–H and O–H groups in total. The molecule has 0 radical (unpaired) electrons. The standard InChI is InChI=1S/C19H28N2O3/c22-12-11-21(15-5-2-1-3-6-15)13-16(23)14-24-19-8-4-7-18-17(19)9-10-20-18/h4,7-10,15-16,20,22-23H,1-3,5-6,11-14H2. The molecule has 5 nitrogen and oxygen atoms in total. The maximum Gasteiger partial charge on any atom is 0.128 e. The van der Waals surface area contributed by atoms with Gasteiger partial charge < -0.3 is 19.9 Å². The van der Waals surface area contributed by atoms with E-state index in [2.05, 4.69) is 9.88 Å². The number of aliphatic hydroxyl groups excluding tert-OH is 2. The van der Waals surface area contributed by atoms with Gasteiger partial charge in [-0.3, -0.25) is 4.90 Å². The summed E-state index contributed by atoms with van der Waals surface area (Å²) >= 11 is 0. The highest BCUT2D eigenvalue weighted by atomic mass is 16.5. The Balaban J connectivity index is 1.55. The van der Waals surface area contributed by atoms with Gasteiger partial charge in [0.1, 0.15) is 18.5 Å². The molecule has 2 aromatic rings. The van der Waals surface area contributed by atoms with E-state index < -0.39 is 6.10 Å². The van der Waals surface area contributed by atoms with E-state index in [0.29, 0.717) is 19.1 Å². The van der Waals surface area contributed by atoms with E-state index in [-0.39, 0.29) is 13.2 Å². The van der Waals surface area contributed by atoms with Crippen molar-refractivity contribution < 1.29 is 14.9 Å². The third-order valence-electron chi connectivity index (χ3n) is 4.91. The zero-order chi connectivity index (χ0) is 16.8. The Kier molecular flexibility index (Phi) is 6.12. The summed E-state index contributed by atoms with van der Waals surface area (Å²) in [5.41, 5.74) is 1.03. The molecule has 1 fully saturated rings. The van der Waals surface area contributed by atoms with E-state index in [1.807, 2.05) is 30.5 Å². The van der Waals surface area contributed by atoms with Crippen LogP contribution in [-0.2, 0) is 0 Å². The highest BCUT2D eigenvalue weighted by molar-refractivity contribution is 5.85. The Hall–Kier alpha value is -1.56. The summed E-state index contributed by atoms with van der Waals surface area (Å²) in [5, 5.41) is 20.8. The average Bonchev–Trinajstić information content (AvgIpc) is 3.09. The average molecular weight is 332 g/mol. The number of fused-ring (bicyclic) bond motifs is 1. The van der Waals surface area contributed by atoms with Crippen LogP contribution >= 0.6 is 0 Å². The first-order chi connectivity index (χ1) is 11.8. The number of rotatable bonds is 8. The summed E-state index contributed by atoms with van der Waals surface area (Å²) in [4.78, 5) is 5.39. The molecule has 24 heavy (non-hydrogen) atoms. The smallest absolute Gasteiger partial charge is 0.128 e. The number of aromatic amines is 1. The second-order valence-corrected chi connectivity index (χ2v) is 6.67. The molecule has 3 rings (SSSR count). The minimum atomic E-state index is -0.562. The molecule has 0 bridgehead atoms. The van der Waals surface area contributed by atoms with Gasteiger partial charge in [-0.1, -0.05) is 25.3 Å². The van der Waals surface area contributed by atoms with Crippen LogP contribution in [0.3, 0.4) is 0 Å². The summed E-state index contributed by atoms with van der Waals surface area (Å²) in [5.74, 6) is 0.791. The van der Waals surface area contributed by atoms with Crippen LogP contribution < -0.4 is 4.74 Å². The Morgan fingerprint density at radius 2 is 2.04 bits per heavy atom. The van der Waals surface area contributed by atoms with Gasteiger partial charge in [0.25, 0.3) is 0 Å². The normalized spacial score (nSPS) is 17.5. The quantitative estimate of drug-likeness (QED) is 0.695. The minimum Gasteiger partial charge on any atom is -0.490 e. The fourth-order valence-electron chi connectivity index (χ4n) is 3.69. The second-order valence-electron chi connectivity index (χ2n) is 6.67. The first-order valence-corrected chi connectivity index (χ1v) is 9.00. The van der Waals surface area contributed by atoms with Crippen LogP contribution in [0.1, 0.15) is 32.1 Å². The molecule has 5 heteroatoms. The van der Waals surface area contributed by atoms with Gasteiger partial charge in [0.05, 0.1) is 6.61 Å². The number of hydrogen-bond acceptors (Lipinski definition) is 4. The van der Waals surface area contributed by atoms with E-state index in [1.54, 1.807) is 0 Å². The Labute approximate surface area is 143 Å². The van der Waals surface area contributed by atoms with Crippen molar-refractivity contribution in [2.24, 2.45) is 0 Å². The summed E-state index contributed by atoms with van der Waals surface area (Å²) < 4.78 is 5.85. The summed E-state index contributed by atoms with van der Waals surface area (Å²) in [6.07, 6.45) is 7.44. The van der Waals surface area contributed by atoms with Gasteiger partial charge in [-0.05, 0) is 31.0 Å². The molecule has 1 unspecified atom stereocenters. The highest BCUT2D eigenvalue weighted by Gasteiger charge is 2.23. The van der Waals surface area contributed by atoms with Crippen LogP contribution in [0.25, 0.3) is 10.9 Å². The molecule has 1 aromatic heterocycles. The van der Waals surface area contributed by atoms with Crippen molar-refractivity contribution in [3.8, 4) is 5.75 Å². The first kappa shape index (κ1) is 17.3. The van der Waals surface area contributed by atoms with Crippen LogP contribution in [-0.4, -0.2) is 58.5 Å². The topological polar surface area (TPSA) is 68.7 Å². The monoisotopic (exact) mass is 332 g/mol. The maximum atomic E-state index is 10.4. The van der Waals surface area contributed by atoms with Crippen LogP contribution in [0.2, 0.25) is 0 Å².